The molecule has 1 saturated carbocycles. The average Bonchev–Trinajstić information content (AvgIpc) is 3.57. The second-order valence-electron chi connectivity index (χ2n) is 12.7. The van der Waals surface area contributed by atoms with Crippen LogP contribution in [0.3, 0.4) is 0 Å². The standard InChI is InChI=1S/C37H38BrN5O2S/c1-22-13-16-28(17-14-22)40-35(44)33-29-11-7-8-12-32(29)46-37(33)42-23(2)19-26(24(42)3)21-39-43-34(25-9-5-4-6-10-25)41-31-18-15-27(38)20-30(31)36(43)45/h13-21,25H,4-12H2,1-3H3,(H,40,44). The average molecular weight is 697 g/mol. The molecule has 7 nitrogen and oxygen atoms in total. The maximum atomic E-state index is 13.9. The topological polar surface area (TPSA) is 81.3 Å². The zero-order valence-corrected chi connectivity index (χ0v) is 28.9. The van der Waals surface area contributed by atoms with Gasteiger partial charge in [-0.15, -0.1) is 11.3 Å². The third kappa shape index (κ3) is 5.79. The van der Waals surface area contributed by atoms with E-state index in [2.05, 4.69) is 45.7 Å². The summed E-state index contributed by atoms with van der Waals surface area (Å²) in [5, 5.41) is 9.50. The van der Waals surface area contributed by atoms with Crippen molar-refractivity contribution in [3.05, 3.63) is 108 Å². The highest BCUT2D eigenvalue weighted by Gasteiger charge is 2.28. The lowest BCUT2D eigenvalue weighted by Gasteiger charge is -2.22. The van der Waals surface area contributed by atoms with Gasteiger partial charge >= 0.3 is 0 Å². The van der Waals surface area contributed by atoms with Crippen molar-refractivity contribution in [2.24, 2.45) is 5.10 Å². The van der Waals surface area contributed by atoms with Crippen LogP contribution in [0.15, 0.2) is 62.9 Å². The minimum atomic E-state index is -0.155. The summed E-state index contributed by atoms with van der Waals surface area (Å²) in [5.41, 5.74) is 7.34. The lowest BCUT2D eigenvalue weighted by atomic mass is 9.88. The Balaban J connectivity index is 1.30. The van der Waals surface area contributed by atoms with Gasteiger partial charge in [0.25, 0.3) is 11.5 Å². The number of hydrogen-bond acceptors (Lipinski definition) is 5. The predicted octanol–water partition coefficient (Wildman–Crippen LogP) is 9.00. The van der Waals surface area contributed by atoms with Crippen LogP contribution in [0.25, 0.3) is 15.9 Å². The molecule has 1 amide bonds. The number of nitrogens with zero attached hydrogens (tertiary/aromatic N) is 4. The Morgan fingerprint density at radius 1 is 1.00 bits per heavy atom. The Morgan fingerprint density at radius 2 is 1.76 bits per heavy atom. The minimum Gasteiger partial charge on any atom is -0.322 e. The van der Waals surface area contributed by atoms with E-state index in [1.807, 2.05) is 49.4 Å². The number of anilines is 1. The fraction of sp³-hybridized carbons (Fsp3) is 0.351. The number of carbonyl (C=O) groups excluding carboxylic acids is 1. The third-order valence-corrected chi connectivity index (χ3v) is 11.2. The lowest BCUT2D eigenvalue weighted by molar-refractivity contribution is 0.102. The van der Waals surface area contributed by atoms with Gasteiger partial charge in [0.1, 0.15) is 10.8 Å². The number of fused-ring (bicyclic) bond motifs is 2. The molecule has 0 unspecified atom stereocenters. The number of thiophene rings is 1. The molecule has 0 spiro atoms. The summed E-state index contributed by atoms with van der Waals surface area (Å²) in [5.74, 6) is 0.870. The van der Waals surface area contributed by atoms with Gasteiger partial charge in [0.2, 0.25) is 0 Å². The van der Waals surface area contributed by atoms with E-state index in [9.17, 15) is 9.59 Å². The number of aromatic nitrogens is 3. The maximum Gasteiger partial charge on any atom is 0.282 e. The number of halogens is 1. The van der Waals surface area contributed by atoms with Gasteiger partial charge < -0.3 is 9.88 Å². The molecule has 0 bridgehead atoms. The smallest absolute Gasteiger partial charge is 0.282 e. The van der Waals surface area contributed by atoms with Crippen molar-refractivity contribution in [2.45, 2.75) is 84.5 Å². The molecule has 2 aromatic carbocycles. The molecule has 0 saturated heterocycles. The van der Waals surface area contributed by atoms with Gasteiger partial charge in [-0.3, -0.25) is 9.59 Å². The number of rotatable bonds is 6. The molecule has 1 fully saturated rings. The van der Waals surface area contributed by atoms with Gasteiger partial charge in [-0.05, 0) is 101 Å². The molecular weight excluding hydrogens is 658 g/mol. The van der Waals surface area contributed by atoms with Crippen LogP contribution < -0.4 is 10.9 Å². The SMILES string of the molecule is Cc1ccc(NC(=O)c2c(-n3c(C)cc(C=Nn4c(C5CCCCC5)nc5ccc(Br)cc5c4=O)c3C)sc3c2CCCC3)cc1. The number of nitrogens with one attached hydrogen (secondary N) is 1. The summed E-state index contributed by atoms with van der Waals surface area (Å²) in [7, 11) is 0. The number of aryl methyl sites for hydroxylation is 3. The van der Waals surface area contributed by atoms with E-state index in [0.29, 0.717) is 10.9 Å². The first-order valence-corrected chi connectivity index (χ1v) is 17.9. The van der Waals surface area contributed by atoms with Crippen molar-refractivity contribution in [1.82, 2.24) is 14.2 Å². The molecule has 0 atom stereocenters. The van der Waals surface area contributed by atoms with E-state index >= 15 is 0 Å². The summed E-state index contributed by atoms with van der Waals surface area (Å²) in [6.45, 7) is 6.18. The molecule has 0 radical (unpaired) electrons. The first-order valence-electron chi connectivity index (χ1n) is 16.3. The minimum absolute atomic E-state index is 0.0713. The molecule has 46 heavy (non-hydrogen) atoms. The zero-order chi connectivity index (χ0) is 31.9. The molecule has 2 aliphatic rings. The highest BCUT2D eigenvalue weighted by atomic mass is 79.9. The van der Waals surface area contributed by atoms with Gasteiger partial charge in [-0.1, -0.05) is 52.9 Å². The summed E-state index contributed by atoms with van der Waals surface area (Å²) >= 11 is 5.24. The zero-order valence-electron chi connectivity index (χ0n) is 26.5. The number of amides is 1. The van der Waals surface area contributed by atoms with Crippen LogP contribution >= 0.6 is 27.3 Å². The number of carbonyl (C=O) groups is 1. The van der Waals surface area contributed by atoms with Gasteiger partial charge in [0.15, 0.2) is 0 Å². The molecule has 5 aromatic rings. The monoisotopic (exact) mass is 695 g/mol. The van der Waals surface area contributed by atoms with Crippen LogP contribution in [0, 0.1) is 20.8 Å². The van der Waals surface area contributed by atoms with Gasteiger partial charge in [0, 0.05) is 37.9 Å². The molecule has 0 aliphatic heterocycles. The van der Waals surface area contributed by atoms with Crippen molar-refractivity contribution < 1.29 is 4.79 Å². The molecule has 7 rings (SSSR count). The largest absolute Gasteiger partial charge is 0.322 e. The van der Waals surface area contributed by atoms with E-state index in [1.165, 1.54) is 21.5 Å². The van der Waals surface area contributed by atoms with E-state index in [4.69, 9.17) is 10.1 Å². The summed E-state index contributed by atoms with van der Waals surface area (Å²) in [6, 6.07) is 15.7. The molecule has 9 heteroatoms. The van der Waals surface area contributed by atoms with Crippen molar-refractivity contribution in [3.8, 4) is 5.00 Å². The Morgan fingerprint density at radius 3 is 2.54 bits per heavy atom. The van der Waals surface area contributed by atoms with E-state index in [0.717, 1.165) is 100 Å². The lowest BCUT2D eigenvalue weighted by Crippen LogP contribution is -2.25. The first-order chi connectivity index (χ1) is 22.3. The Kier molecular flexibility index (Phi) is 8.55. The molecule has 1 N–H and O–H groups in total. The van der Waals surface area contributed by atoms with Crippen LogP contribution in [0.2, 0.25) is 0 Å². The van der Waals surface area contributed by atoms with E-state index < -0.39 is 0 Å². The van der Waals surface area contributed by atoms with Crippen molar-refractivity contribution in [2.75, 3.05) is 5.32 Å². The van der Waals surface area contributed by atoms with Crippen molar-refractivity contribution in [3.63, 3.8) is 0 Å². The van der Waals surface area contributed by atoms with E-state index in [-0.39, 0.29) is 17.4 Å². The summed E-state index contributed by atoms with van der Waals surface area (Å²) < 4.78 is 4.56. The second-order valence-corrected chi connectivity index (χ2v) is 14.7. The quantitative estimate of drug-likeness (QED) is 0.180. The summed E-state index contributed by atoms with van der Waals surface area (Å²) in [4.78, 5) is 34.1. The molecule has 236 valence electrons. The first kappa shape index (κ1) is 30.8. The number of benzene rings is 2. The van der Waals surface area contributed by atoms with Crippen LogP contribution in [0.1, 0.15) is 100 Å². The van der Waals surface area contributed by atoms with Crippen molar-refractivity contribution in [1.29, 1.82) is 0 Å². The second kappa shape index (κ2) is 12.8. The Bertz CT molecular complexity index is 2050. The van der Waals surface area contributed by atoms with Crippen LogP contribution in [-0.2, 0) is 12.8 Å². The van der Waals surface area contributed by atoms with Crippen LogP contribution in [-0.4, -0.2) is 26.3 Å². The molecule has 3 aromatic heterocycles. The van der Waals surface area contributed by atoms with Gasteiger partial charge in [-0.25, -0.2) is 4.98 Å². The summed E-state index contributed by atoms with van der Waals surface area (Å²) in [6.07, 6.45) is 11.4. The van der Waals surface area contributed by atoms with Gasteiger partial charge in [-0.2, -0.15) is 9.78 Å². The predicted molar refractivity (Wildman–Crippen MR) is 191 cm³/mol. The third-order valence-electron chi connectivity index (χ3n) is 9.48. The number of hydrogen-bond donors (Lipinski definition) is 1. The fourth-order valence-corrected chi connectivity index (χ4v) is 8.89. The van der Waals surface area contributed by atoms with Crippen molar-refractivity contribution >= 4 is 56.0 Å². The molecule has 3 heterocycles. The molecular formula is C37H38BrN5O2S. The normalized spacial score (nSPS) is 15.5. The van der Waals surface area contributed by atoms with E-state index in [1.54, 1.807) is 17.6 Å². The highest BCUT2D eigenvalue weighted by molar-refractivity contribution is 9.10. The molecule has 2 aliphatic carbocycles. The van der Waals surface area contributed by atoms with Crippen LogP contribution in [0.4, 0.5) is 5.69 Å². The van der Waals surface area contributed by atoms with Gasteiger partial charge in [0.05, 0.1) is 22.7 Å². The highest BCUT2D eigenvalue weighted by Crippen LogP contribution is 2.39. The fourth-order valence-electron chi connectivity index (χ4n) is 7.03. The maximum absolute atomic E-state index is 13.9. The van der Waals surface area contributed by atoms with Crippen LogP contribution in [0.5, 0.6) is 0 Å². The Hall–Kier alpha value is -3.82. The Labute approximate surface area is 281 Å².